The first kappa shape index (κ1) is 30.7. The third kappa shape index (κ3) is 7.42. The Balaban J connectivity index is 2.06. The minimum atomic E-state index is -1.89. The van der Waals surface area contributed by atoms with Crippen molar-refractivity contribution in [1.29, 1.82) is 0 Å². The summed E-state index contributed by atoms with van der Waals surface area (Å²) in [6, 6.07) is 0.317. The average Bonchev–Trinajstić information content (AvgIpc) is 2.90. The van der Waals surface area contributed by atoms with E-state index < -0.39 is 41.0 Å². The lowest BCUT2D eigenvalue weighted by atomic mass is 9.65. The highest BCUT2D eigenvalue weighted by Crippen LogP contribution is 2.47. The third-order valence-electron chi connectivity index (χ3n) is 8.65. The van der Waals surface area contributed by atoms with Gasteiger partial charge in [0.15, 0.2) is 11.6 Å². The number of nitrogens with one attached hydrogen (secondary N) is 1. The van der Waals surface area contributed by atoms with Gasteiger partial charge in [0.2, 0.25) is 0 Å². The largest absolute Gasteiger partial charge is 0.385 e. The quantitative estimate of drug-likeness (QED) is 0.229. The zero-order valence-corrected chi connectivity index (χ0v) is 23.0. The molecule has 9 heteroatoms. The number of carbonyl (C=O) groups is 1. The van der Waals surface area contributed by atoms with Gasteiger partial charge >= 0.3 is 6.03 Å². The van der Waals surface area contributed by atoms with Crippen LogP contribution in [-0.2, 0) is 10.3 Å². The van der Waals surface area contributed by atoms with E-state index in [1.54, 1.807) is 4.90 Å². The number of nitrogens with two attached hydrogens (primary N) is 1. The predicted octanol–water partition coefficient (Wildman–Crippen LogP) is 5.46. The van der Waals surface area contributed by atoms with E-state index in [4.69, 9.17) is 10.5 Å². The Bertz CT molecular complexity index is 899. The highest BCUT2D eigenvalue weighted by molar-refractivity contribution is 5.72. The molecule has 2 fully saturated rings. The molecular formula is C29H46F3N3O3. The zero-order chi connectivity index (χ0) is 27.7. The van der Waals surface area contributed by atoms with Crippen LogP contribution in [0.2, 0.25) is 0 Å². The summed E-state index contributed by atoms with van der Waals surface area (Å²) in [5, 5.41) is 15.6. The SMILES string of the molecule is CCOCCCC[C@@](O)(c1cc(F)cc(F)c1F)C1CCCN(C(N)=O)C1[C@H](CNC)CC1CCCCC1. The summed E-state index contributed by atoms with van der Waals surface area (Å²) in [4.78, 5) is 14.3. The van der Waals surface area contributed by atoms with Crippen molar-refractivity contribution in [2.45, 2.75) is 89.2 Å². The number of carbonyl (C=O) groups excluding carboxylic acids is 1. The molecule has 38 heavy (non-hydrogen) atoms. The van der Waals surface area contributed by atoms with E-state index in [0.29, 0.717) is 64.0 Å². The number of piperidine rings is 1. The molecule has 0 aromatic heterocycles. The van der Waals surface area contributed by atoms with Crippen LogP contribution in [0.15, 0.2) is 12.1 Å². The van der Waals surface area contributed by atoms with Gasteiger partial charge in [0.1, 0.15) is 5.82 Å². The summed E-state index contributed by atoms with van der Waals surface area (Å²) in [5.41, 5.74) is 3.60. The minimum Gasteiger partial charge on any atom is -0.385 e. The van der Waals surface area contributed by atoms with E-state index >= 15 is 4.39 Å². The summed E-state index contributed by atoms with van der Waals surface area (Å²) in [6.45, 7) is 3.93. The number of primary amides is 1. The van der Waals surface area contributed by atoms with Crippen LogP contribution in [0, 0.1) is 35.2 Å². The van der Waals surface area contributed by atoms with Crippen LogP contribution in [0.3, 0.4) is 0 Å². The lowest BCUT2D eigenvalue weighted by Gasteiger charge is -2.51. The Morgan fingerprint density at radius 2 is 1.92 bits per heavy atom. The summed E-state index contributed by atoms with van der Waals surface area (Å²) in [6.07, 6.45) is 8.82. The summed E-state index contributed by atoms with van der Waals surface area (Å²) < 4.78 is 49.7. The van der Waals surface area contributed by atoms with Crippen LogP contribution >= 0.6 is 0 Å². The number of likely N-dealkylation sites (tertiary alicyclic amines) is 1. The van der Waals surface area contributed by atoms with E-state index in [-0.39, 0.29) is 17.9 Å². The van der Waals surface area contributed by atoms with Crippen LogP contribution in [0.25, 0.3) is 0 Å². The van der Waals surface area contributed by atoms with E-state index in [2.05, 4.69) is 5.32 Å². The first-order valence-corrected chi connectivity index (χ1v) is 14.4. The van der Waals surface area contributed by atoms with Gasteiger partial charge in [0.25, 0.3) is 0 Å². The lowest BCUT2D eigenvalue weighted by Crippen LogP contribution is -2.60. The second kappa shape index (κ2) is 14.5. The van der Waals surface area contributed by atoms with Crippen molar-refractivity contribution in [3.63, 3.8) is 0 Å². The summed E-state index contributed by atoms with van der Waals surface area (Å²) in [5.74, 6) is -3.74. The number of amides is 2. The van der Waals surface area contributed by atoms with E-state index in [1.807, 2.05) is 14.0 Å². The number of nitrogens with zero attached hydrogens (tertiary/aromatic N) is 1. The molecule has 0 spiro atoms. The molecule has 0 radical (unpaired) electrons. The number of rotatable bonds is 13. The Hall–Kier alpha value is -1.84. The molecule has 1 aliphatic heterocycles. The van der Waals surface area contributed by atoms with Crippen molar-refractivity contribution in [1.82, 2.24) is 10.2 Å². The Labute approximate surface area is 225 Å². The van der Waals surface area contributed by atoms with Crippen molar-refractivity contribution >= 4 is 6.03 Å². The molecule has 1 heterocycles. The molecule has 4 atom stereocenters. The molecule has 3 rings (SSSR count). The van der Waals surface area contributed by atoms with Gasteiger partial charge in [0.05, 0.1) is 5.60 Å². The number of hydrogen-bond donors (Lipinski definition) is 3. The number of unbranched alkanes of at least 4 members (excludes halogenated alkanes) is 1. The second-order valence-electron chi connectivity index (χ2n) is 11.2. The maximum absolute atomic E-state index is 15.3. The molecule has 4 N–H and O–H groups in total. The van der Waals surface area contributed by atoms with Crippen LogP contribution in [-0.4, -0.2) is 55.4 Å². The van der Waals surface area contributed by atoms with Crippen molar-refractivity contribution < 1.29 is 27.8 Å². The third-order valence-corrected chi connectivity index (χ3v) is 8.65. The number of aliphatic hydroxyl groups is 1. The van der Waals surface area contributed by atoms with Crippen LogP contribution in [0.5, 0.6) is 0 Å². The van der Waals surface area contributed by atoms with Gasteiger partial charge in [-0.1, -0.05) is 32.1 Å². The summed E-state index contributed by atoms with van der Waals surface area (Å²) in [7, 11) is 1.85. The first-order chi connectivity index (χ1) is 18.2. The van der Waals surface area contributed by atoms with Gasteiger partial charge < -0.3 is 25.8 Å². The molecule has 216 valence electrons. The second-order valence-corrected chi connectivity index (χ2v) is 11.2. The van der Waals surface area contributed by atoms with Crippen LogP contribution < -0.4 is 11.1 Å². The minimum absolute atomic E-state index is 0.0580. The van der Waals surface area contributed by atoms with Crippen LogP contribution in [0.1, 0.15) is 83.1 Å². The number of halogens is 3. The number of ether oxygens (including phenoxy) is 1. The maximum Gasteiger partial charge on any atom is 0.315 e. The average molecular weight is 542 g/mol. The highest BCUT2D eigenvalue weighted by atomic mass is 19.2. The smallest absolute Gasteiger partial charge is 0.315 e. The van der Waals surface area contributed by atoms with Gasteiger partial charge in [-0.3, -0.25) is 0 Å². The molecule has 1 aromatic rings. The van der Waals surface area contributed by atoms with Gasteiger partial charge in [-0.15, -0.1) is 0 Å². The molecule has 6 nitrogen and oxygen atoms in total. The maximum atomic E-state index is 15.3. The molecule has 2 amide bonds. The van der Waals surface area contributed by atoms with E-state index in [0.717, 1.165) is 25.3 Å². The fraction of sp³-hybridized carbons (Fsp3) is 0.759. The monoisotopic (exact) mass is 541 g/mol. The van der Waals surface area contributed by atoms with Crippen LogP contribution in [0.4, 0.5) is 18.0 Å². The Kier molecular flexibility index (Phi) is 11.7. The topological polar surface area (TPSA) is 87.8 Å². The Morgan fingerprint density at radius 3 is 2.58 bits per heavy atom. The van der Waals surface area contributed by atoms with Crippen molar-refractivity contribution in [2.75, 3.05) is 33.4 Å². The van der Waals surface area contributed by atoms with Gasteiger partial charge in [-0.2, -0.15) is 0 Å². The lowest BCUT2D eigenvalue weighted by molar-refractivity contribution is -0.0959. The predicted molar refractivity (Wildman–Crippen MR) is 142 cm³/mol. The molecule has 2 unspecified atom stereocenters. The summed E-state index contributed by atoms with van der Waals surface area (Å²) >= 11 is 0. The normalized spacial score (nSPS) is 23.3. The molecule has 1 saturated carbocycles. The Morgan fingerprint density at radius 1 is 1.18 bits per heavy atom. The number of hydrogen-bond acceptors (Lipinski definition) is 4. The molecule has 1 saturated heterocycles. The van der Waals surface area contributed by atoms with Crippen molar-refractivity contribution in [3.05, 3.63) is 35.1 Å². The van der Waals surface area contributed by atoms with Crippen molar-refractivity contribution in [3.8, 4) is 0 Å². The molecule has 2 aliphatic rings. The van der Waals surface area contributed by atoms with Gasteiger partial charge in [0, 0.05) is 43.3 Å². The number of urea groups is 1. The molecule has 1 aliphatic carbocycles. The van der Waals surface area contributed by atoms with E-state index in [9.17, 15) is 18.7 Å². The van der Waals surface area contributed by atoms with E-state index in [1.165, 1.54) is 19.3 Å². The molecular weight excluding hydrogens is 495 g/mol. The molecule has 0 bridgehead atoms. The van der Waals surface area contributed by atoms with Gasteiger partial charge in [-0.05, 0) is 76.9 Å². The number of benzene rings is 1. The fourth-order valence-electron chi connectivity index (χ4n) is 6.97. The van der Waals surface area contributed by atoms with Gasteiger partial charge in [-0.25, -0.2) is 18.0 Å². The molecule has 1 aromatic carbocycles. The zero-order valence-electron chi connectivity index (χ0n) is 23.0. The standard InChI is InChI=1S/C29H46F3N3O3/c1-3-38-15-8-7-13-29(37,24-17-22(30)18-25(31)26(24)32)23-12-9-14-35(28(33)36)27(23)21(19-34-2)16-20-10-5-4-6-11-20/h17-18,20-21,23,27,34,37H,3-16,19H2,1-2H3,(H2,33,36)/t21-,23?,27?,29-/m0/s1. The highest BCUT2D eigenvalue weighted by Gasteiger charge is 2.51. The first-order valence-electron chi connectivity index (χ1n) is 14.4. The fourth-order valence-corrected chi connectivity index (χ4v) is 6.97. The van der Waals surface area contributed by atoms with Crippen molar-refractivity contribution in [2.24, 2.45) is 23.5 Å².